The fourth-order valence-corrected chi connectivity index (χ4v) is 3.08. The first-order valence-electron chi connectivity index (χ1n) is 5.57. The predicted octanol–water partition coefficient (Wildman–Crippen LogP) is 0.909. The van der Waals surface area contributed by atoms with E-state index in [1.54, 1.807) is 0 Å². The molecule has 2 N–H and O–H groups in total. The van der Waals surface area contributed by atoms with Crippen molar-refractivity contribution in [1.82, 2.24) is 4.72 Å². The number of aliphatic hydroxyl groups is 1. The van der Waals surface area contributed by atoms with Crippen LogP contribution in [0.3, 0.4) is 0 Å². The highest BCUT2D eigenvalue weighted by Gasteiger charge is 2.33. The van der Waals surface area contributed by atoms with Crippen LogP contribution in [0.25, 0.3) is 0 Å². The summed E-state index contributed by atoms with van der Waals surface area (Å²) in [6.07, 6.45) is 0.361. The van der Waals surface area contributed by atoms with Crippen molar-refractivity contribution in [2.45, 2.75) is 16.9 Å². The maximum atomic E-state index is 13.0. The van der Waals surface area contributed by atoms with E-state index in [-0.39, 0.29) is 23.1 Å². The zero-order valence-electron chi connectivity index (χ0n) is 9.90. The van der Waals surface area contributed by atoms with Gasteiger partial charge in [-0.05, 0) is 18.2 Å². The van der Waals surface area contributed by atoms with Gasteiger partial charge >= 0.3 is 0 Å². The first kappa shape index (κ1) is 14.7. The molecule has 5 nitrogen and oxygen atoms in total. The Morgan fingerprint density at radius 1 is 1.53 bits per heavy atom. The summed E-state index contributed by atoms with van der Waals surface area (Å²) >= 11 is 5.54. The number of hydrogen-bond acceptors (Lipinski definition) is 4. The first-order chi connectivity index (χ1) is 8.82. The van der Waals surface area contributed by atoms with Crippen molar-refractivity contribution in [2.75, 3.05) is 19.8 Å². The largest absolute Gasteiger partial charge is 0.386 e. The minimum Gasteiger partial charge on any atom is -0.386 e. The third-order valence-electron chi connectivity index (χ3n) is 2.88. The van der Waals surface area contributed by atoms with E-state index in [4.69, 9.17) is 16.3 Å². The lowest BCUT2D eigenvalue weighted by molar-refractivity contribution is 0.0314. The Balaban J connectivity index is 2.11. The van der Waals surface area contributed by atoms with Gasteiger partial charge in [-0.3, -0.25) is 0 Å². The van der Waals surface area contributed by atoms with Gasteiger partial charge in [-0.25, -0.2) is 17.5 Å². The van der Waals surface area contributed by atoms with Crippen LogP contribution in [-0.4, -0.2) is 38.9 Å². The third-order valence-corrected chi connectivity index (χ3v) is 4.56. The fraction of sp³-hybridized carbons (Fsp3) is 0.455. The van der Waals surface area contributed by atoms with Crippen LogP contribution in [0.4, 0.5) is 4.39 Å². The first-order valence-corrected chi connectivity index (χ1v) is 7.43. The molecule has 1 saturated heterocycles. The molecule has 0 saturated carbocycles. The molecule has 1 aromatic carbocycles. The van der Waals surface area contributed by atoms with Crippen molar-refractivity contribution in [1.29, 1.82) is 0 Å². The molecule has 106 valence electrons. The number of rotatable bonds is 4. The summed E-state index contributed by atoms with van der Waals surface area (Å²) in [4.78, 5) is -0.151. The highest BCUT2D eigenvalue weighted by Crippen LogP contribution is 2.21. The number of benzene rings is 1. The minimum absolute atomic E-state index is 0.0830. The molecule has 1 aliphatic rings. The topological polar surface area (TPSA) is 75.6 Å². The predicted molar refractivity (Wildman–Crippen MR) is 67.0 cm³/mol. The van der Waals surface area contributed by atoms with Crippen molar-refractivity contribution in [3.05, 3.63) is 29.0 Å². The van der Waals surface area contributed by atoms with Crippen LogP contribution in [0, 0.1) is 5.82 Å². The molecule has 0 amide bonds. The second-order valence-corrected chi connectivity index (χ2v) is 6.60. The van der Waals surface area contributed by atoms with Gasteiger partial charge < -0.3 is 9.84 Å². The molecule has 0 aromatic heterocycles. The van der Waals surface area contributed by atoms with Crippen LogP contribution in [0.2, 0.25) is 5.02 Å². The smallest absolute Gasteiger partial charge is 0.240 e. The molecule has 8 heteroatoms. The SMILES string of the molecule is O=S(=O)(NCC1(O)CCOC1)c1ccc(F)c(Cl)c1. The summed E-state index contributed by atoms with van der Waals surface area (Å²) < 4.78 is 44.2. The lowest BCUT2D eigenvalue weighted by Crippen LogP contribution is -2.43. The van der Waals surface area contributed by atoms with Gasteiger partial charge in [0.05, 0.1) is 16.5 Å². The molecule has 1 aliphatic heterocycles. The molecule has 1 heterocycles. The minimum atomic E-state index is -3.84. The van der Waals surface area contributed by atoms with E-state index in [1.807, 2.05) is 0 Å². The normalized spacial score (nSPS) is 23.7. The molecule has 1 unspecified atom stereocenters. The summed E-state index contributed by atoms with van der Waals surface area (Å²) in [5.74, 6) is -0.691. The van der Waals surface area contributed by atoms with Crippen LogP contribution in [0.15, 0.2) is 23.1 Å². The maximum absolute atomic E-state index is 13.0. The summed E-state index contributed by atoms with van der Waals surface area (Å²) in [5.41, 5.74) is -1.20. The molecular formula is C11H13ClFNO4S. The van der Waals surface area contributed by atoms with E-state index < -0.39 is 21.4 Å². The van der Waals surface area contributed by atoms with E-state index in [0.29, 0.717) is 13.0 Å². The average molecular weight is 310 g/mol. The van der Waals surface area contributed by atoms with E-state index in [2.05, 4.69) is 4.72 Å². The van der Waals surface area contributed by atoms with E-state index in [1.165, 1.54) is 0 Å². The molecule has 1 aromatic rings. The van der Waals surface area contributed by atoms with Gasteiger partial charge in [-0.1, -0.05) is 11.6 Å². The molecule has 2 rings (SSSR count). The van der Waals surface area contributed by atoms with Crippen molar-refractivity contribution in [3.8, 4) is 0 Å². The van der Waals surface area contributed by atoms with Crippen molar-refractivity contribution in [3.63, 3.8) is 0 Å². The average Bonchev–Trinajstić information content (AvgIpc) is 2.78. The number of nitrogens with one attached hydrogen (secondary N) is 1. The molecule has 0 radical (unpaired) electrons. The Hall–Kier alpha value is -0.730. The lowest BCUT2D eigenvalue weighted by Gasteiger charge is -2.20. The number of ether oxygens (including phenoxy) is 1. The molecule has 0 bridgehead atoms. The highest BCUT2D eigenvalue weighted by atomic mass is 35.5. The Kier molecular flexibility index (Phi) is 4.12. The van der Waals surface area contributed by atoms with Crippen LogP contribution >= 0.6 is 11.6 Å². The fourth-order valence-electron chi connectivity index (χ4n) is 1.69. The van der Waals surface area contributed by atoms with Crippen LogP contribution in [-0.2, 0) is 14.8 Å². The molecule has 1 fully saturated rings. The molecule has 0 aliphatic carbocycles. The standard InChI is InChI=1S/C11H13ClFNO4S/c12-9-5-8(1-2-10(9)13)19(16,17)14-6-11(15)3-4-18-7-11/h1-2,5,14-15H,3-4,6-7H2. The summed E-state index contributed by atoms with van der Waals surface area (Å²) in [7, 11) is -3.84. The number of hydrogen-bond donors (Lipinski definition) is 2. The number of sulfonamides is 1. The van der Waals surface area contributed by atoms with Crippen molar-refractivity contribution in [2.24, 2.45) is 0 Å². The Labute approximate surface area is 115 Å². The van der Waals surface area contributed by atoms with Gasteiger partial charge in [0.25, 0.3) is 0 Å². The monoisotopic (exact) mass is 309 g/mol. The van der Waals surface area contributed by atoms with Gasteiger partial charge in [0.15, 0.2) is 0 Å². The van der Waals surface area contributed by atoms with Crippen LogP contribution < -0.4 is 4.72 Å². The molecule has 19 heavy (non-hydrogen) atoms. The highest BCUT2D eigenvalue weighted by molar-refractivity contribution is 7.89. The molecule has 1 atom stereocenters. The lowest BCUT2D eigenvalue weighted by atomic mass is 10.1. The van der Waals surface area contributed by atoms with Gasteiger partial charge in [0.2, 0.25) is 10.0 Å². The zero-order chi connectivity index (χ0) is 14.1. The molecule has 0 spiro atoms. The van der Waals surface area contributed by atoms with Gasteiger partial charge in [0, 0.05) is 19.6 Å². The van der Waals surface area contributed by atoms with E-state index in [0.717, 1.165) is 18.2 Å². The van der Waals surface area contributed by atoms with Crippen LogP contribution in [0.5, 0.6) is 0 Å². The summed E-state index contributed by atoms with van der Waals surface area (Å²) in [6.45, 7) is 0.310. The van der Waals surface area contributed by atoms with Crippen LogP contribution in [0.1, 0.15) is 6.42 Å². The Morgan fingerprint density at radius 3 is 2.84 bits per heavy atom. The summed E-state index contributed by atoms with van der Waals surface area (Å²) in [5, 5.41) is 9.69. The zero-order valence-corrected chi connectivity index (χ0v) is 11.5. The second kappa shape index (κ2) is 5.34. The van der Waals surface area contributed by atoms with Crippen molar-refractivity contribution < 1.29 is 22.7 Å². The quantitative estimate of drug-likeness (QED) is 0.867. The van der Waals surface area contributed by atoms with Gasteiger partial charge in [0.1, 0.15) is 11.4 Å². The van der Waals surface area contributed by atoms with Gasteiger partial charge in [-0.2, -0.15) is 0 Å². The van der Waals surface area contributed by atoms with Gasteiger partial charge in [-0.15, -0.1) is 0 Å². The second-order valence-electron chi connectivity index (χ2n) is 4.43. The maximum Gasteiger partial charge on any atom is 0.240 e. The third kappa shape index (κ3) is 3.43. The van der Waals surface area contributed by atoms with E-state index >= 15 is 0 Å². The Bertz CT molecular complexity index is 572. The van der Waals surface area contributed by atoms with E-state index in [9.17, 15) is 17.9 Å². The number of halogens is 2. The summed E-state index contributed by atoms with van der Waals surface area (Å²) in [6, 6.07) is 3.11. The molecular weight excluding hydrogens is 297 g/mol. The van der Waals surface area contributed by atoms with Crippen molar-refractivity contribution >= 4 is 21.6 Å². The Morgan fingerprint density at radius 2 is 2.26 bits per heavy atom.